The van der Waals surface area contributed by atoms with Gasteiger partial charge in [-0.05, 0) is 36.0 Å². The largest absolute Gasteiger partial charge is 0.351 e. The summed E-state index contributed by atoms with van der Waals surface area (Å²) in [5.74, 6) is 0.171. The van der Waals surface area contributed by atoms with Gasteiger partial charge in [-0.15, -0.1) is 0 Å². The Kier molecular flexibility index (Phi) is 3.82. The van der Waals surface area contributed by atoms with Crippen LogP contribution in [0.15, 0.2) is 54.6 Å². The maximum atomic E-state index is 12.4. The average molecular weight is 265 g/mol. The Morgan fingerprint density at radius 3 is 2.65 bits per heavy atom. The van der Waals surface area contributed by atoms with Gasteiger partial charge in [-0.1, -0.05) is 54.6 Å². The molecule has 1 atom stereocenters. The number of nitrogens with one attached hydrogen (secondary N) is 1. The molecular weight excluding hydrogens is 246 g/mol. The summed E-state index contributed by atoms with van der Waals surface area (Å²) < 4.78 is 0. The molecule has 1 aliphatic rings. The fraction of sp³-hybridized carbons (Fsp3) is 0.278. The zero-order valence-corrected chi connectivity index (χ0v) is 11.5. The van der Waals surface area contributed by atoms with Crippen LogP contribution in [-0.4, -0.2) is 5.91 Å². The summed E-state index contributed by atoms with van der Waals surface area (Å²) >= 11 is 0. The zero-order chi connectivity index (χ0) is 13.8. The molecule has 2 heteroatoms. The van der Waals surface area contributed by atoms with Crippen LogP contribution in [0.4, 0.5) is 0 Å². The molecule has 20 heavy (non-hydrogen) atoms. The van der Waals surface area contributed by atoms with Gasteiger partial charge in [0.25, 0.3) is 0 Å². The molecule has 0 aliphatic heterocycles. The minimum absolute atomic E-state index is 0.0173. The summed E-state index contributed by atoms with van der Waals surface area (Å²) in [4.78, 5) is 12.4. The van der Waals surface area contributed by atoms with Crippen molar-refractivity contribution in [1.82, 2.24) is 5.32 Å². The average Bonchev–Trinajstić information content (AvgIpc) is 2.53. The third kappa shape index (κ3) is 2.74. The molecule has 2 aromatic rings. The quantitative estimate of drug-likeness (QED) is 0.905. The number of benzene rings is 2. The lowest BCUT2D eigenvalue weighted by molar-refractivity contribution is -0.123. The molecule has 0 spiro atoms. The van der Waals surface area contributed by atoms with Gasteiger partial charge in [0.1, 0.15) is 0 Å². The number of hydrogen-bond acceptors (Lipinski definition) is 1. The van der Waals surface area contributed by atoms with Crippen LogP contribution in [0.2, 0.25) is 0 Å². The summed E-state index contributed by atoms with van der Waals surface area (Å²) in [5, 5.41) is 3.07. The molecule has 2 aromatic carbocycles. The summed E-state index contributed by atoms with van der Waals surface area (Å²) in [6.07, 6.45) is 3.15. The van der Waals surface area contributed by atoms with E-state index >= 15 is 0 Å². The standard InChI is InChI=1S/C18H19NO/c20-18(19-13-14-7-2-1-3-8-14)17-12-6-10-15-9-4-5-11-16(15)17/h1-5,7-9,11,17H,6,10,12-13H2,(H,19,20)/t17-/m1/s1. The molecule has 1 N–H and O–H groups in total. The van der Waals surface area contributed by atoms with Crippen molar-refractivity contribution in [3.05, 3.63) is 71.3 Å². The van der Waals surface area contributed by atoms with Gasteiger partial charge in [-0.3, -0.25) is 4.79 Å². The molecule has 0 saturated carbocycles. The summed E-state index contributed by atoms with van der Waals surface area (Å²) in [7, 11) is 0. The Labute approximate surface area is 119 Å². The third-order valence-corrected chi connectivity index (χ3v) is 4.00. The van der Waals surface area contributed by atoms with E-state index in [4.69, 9.17) is 0 Å². The van der Waals surface area contributed by atoms with Crippen molar-refractivity contribution >= 4 is 5.91 Å². The monoisotopic (exact) mass is 265 g/mol. The van der Waals surface area contributed by atoms with E-state index in [1.54, 1.807) is 0 Å². The van der Waals surface area contributed by atoms with Crippen LogP contribution in [0.1, 0.15) is 35.4 Å². The van der Waals surface area contributed by atoms with Crippen molar-refractivity contribution in [2.75, 3.05) is 0 Å². The Morgan fingerprint density at radius 1 is 1.05 bits per heavy atom. The van der Waals surface area contributed by atoms with Crippen molar-refractivity contribution in [2.45, 2.75) is 31.7 Å². The van der Waals surface area contributed by atoms with E-state index in [2.05, 4.69) is 23.5 Å². The van der Waals surface area contributed by atoms with Gasteiger partial charge < -0.3 is 5.32 Å². The molecule has 0 radical (unpaired) electrons. The predicted octanol–water partition coefficient (Wildman–Crippen LogP) is 3.42. The second-order valence-electron chi connectivity index (χ2n) is 5.35. The van der Waals surface area contributed by atoms with E-state index in [0.29, 0.717) is 6.54 Å². The SMILES string of the molecule is O=C(NCc1ccccc1)[C@@H]1CCCc2ccccc21. The molecule has 0 bridgehead atoms. The van der Waals surface area contributed by atoms with Gasteiger partial charge in [0.05, 0.1) is 5.92 Å². The molecule has 0 fully saturated rings. The van der Waals surface area contributed by atoms with Crippen molar-refractivity contribution < 1.29 is 4.79 Å². The lowest BCUT2D eigenvalue weighted by Crippen LogP contribution is -2.31. The number of rotatable bonds is 3. The van der Waals surface area contributed by atoms with Crippen LogP contribution in [0.5, 0.6) is 0 Å². The first-order valence-electron chi connectivity index (χ1n) is 7.24. The molecule has 1 aliphatic carbocycles. The molecule has 3 rings (SSSR count). The molecule has 0 aromatic heterocycles. The van der Waals surface area contributed by atoms with Gasteiger partial charge in [0.15, 0.2) is 0 Å². The fourth-order valence-corrected chi connectivity index (χ4v) is 2.93. The molecule has 102 valence electrons. The molecule has 0 unspecified atom stereocenters. The van der Waals surface area contributed by atoms with Gasteiger partial charge >= 0.3 is 0 Å². The van der Waals surface area contributed by atoms with Crippen molar-refractivity contribution in [3.63, 3.8) is 0 Å². The Morgan fingerprint density at radius 2 is 1.80 bits per heavy atom. The maximum absolute atomic E-state index is 12.4. The summed E-state index contributed by atoms with van der Waals surface area (Å²) in [6, 6.07) is 18.4. The minimum atomic E-state index is 0.0173. The highest BCUT2D eigenvalue weighted by Crippen LogP contribution is 2.31. The molecule has 0 saturated heterocycles. The van der Waals surface area contributed by atoms with E-state index in [1.165, 1.54) is 11.1 Å². The molecule has 2 nitrogen and oxygen atoms in total. The number of hydrogen-bond donors (Lipinski definition) is 1. The van der Waals surface area contributed by atoms with Gasteiger partial charge in [-0.2, -0.15) is 0 Å². The van der Waals surface area contributed by atoms with Gasteiger partial charge in [0.2, 0.25) is 5.91 Å². The smallest absolute Gasteiger partial charge is 0.227 e. The van der Waals surface area contributed by atoms with Crippen LogP contribution in [-0.2, 0) is 17.8 Å². The highest BCUT2D eigenvalue weighted by molar-refractivity contribution is 5.84. The minimum Gasteiger partial charge on any atom is -0.351 e. The van der Waals surface area contributed by atoms with E-state index < -0.39 is 0 Å². The number of amides is 1. The van der Waals surface area contributed by atoms with Crippen molar-refractivity contribution in [2.24, 2.45) is 0 Å². The molecule has 1 amide bonds. The Bertz CT molecular complexity index is 591. The topological polar surface area (TPSA) is 29.1 Å². The van der Waals surface area contributed by atoms with E-state index in [-0.39, 0.29) is 11.8 Å². The molecule has 0 heterocycles. The van der Waals surface area contributed by atoms with Crippen molar-refractivity contribution in [1.29, 1.82) is 0 Å². The van der Waals surface area contributed by atoms with Gasteiger partial charge in [-0.25, -0.2) is 0 Å². The summed E-state index contributed by atoms with van der Waals surface area (Å²) in [6.45, 7) is 0.609. The van der Waals surface area contributed by atoms with E-state index in [9.17, 15) is 4.79 Å². The number of fused-ring (bicyclic) bond motifs is 1. The fourth-order valence-electron chi connectivity index (χ4n) is 2.93. The van der Waals surface area contributed by atoms with Crippen molar-refractivity contribution in [3.8, 4) is 0 Å². The lowest BCUT2D eigenvalue weighted by atomic mass is 9.82. The summed E-state index contributed by atoms with van der Waals surface area (Å²) in [5.41, 5.74) is 3.69. The zero-order valence-electron chi connectivity index (χ0n) is 11.5. The molecular formula is C18H19NO. The van der Waals surface area contributed by atoms with Crippen LogP contribution in [0, 0.1) is 0 Å². The second kappa shape index (κ2) is 5.91. The van der Waals surface area contributed by atoms with Crippen LogP contribution >= 0.6 is 0 Å². The van der Waals surface area contributed by atoms with E-state index in [0.717, 1.165) is 24.8 Å². The van der Waals surface area contributed by atoms with Crippen LogP contribution in [0.25, 0.3) is 0 Å². The Balaban J connectivity index is 1.69. The normalized spacial score (nSPS) is 17.3. The first kappa shape index (κ1) is 12.9. The van der Waals surface area contributed by atoms with E-state index in [1.807, 2.05) is 36.4 Å². The lowest BCUT2D eigenvalue weighted by Gasteiger charge is -2.24. The van der Waals surface area contributed by atoms with Crippen LogP contribution in [0.3, 0.4) is 0 Å². The first-order chi connectivity index (χ1) is 9.84. The van der Waals surface area contributed by atoms with Crippen LogP contribution < -0.4 is 5.32 Å². The van der Waals surface area contributed by atoms with Gasteiger partial charge in [0, 0.05) is 6.54 Å². The highest BCUT2D eigenvalue weighted by atomic mass is 16.1. The Hall–Kier alpha value is -2.09. The second-order valence-corrected chi connectivity index (χ2v) is 5.35. The first-order valence-corrected chi connectivity index (χ1v) is 7.24. The highest BCUT2D eigenvalue weighted by Gasteiger charge is 2.25. The third-order valence-electron chi connectivity index (χ3n) is 4.00. The number of aryl methyl sites for hydroxylation is 1. The number of carbonyl (C=O) groups excluding carboxylic acids is 1. The number of carbonyl (C=O) groups is 1. The predicted molar refractivity (Wildman–Crippen MR) is 80.4 cm³/mol. The maximum Gasteiger partial charge on any atom is 0.227 e.